The number of anilines is 1. The number of benzene rings is 2. The normalized spacial score (nSPS) is 18.1. The molecule has 0 bridgehead atoms. The summed E-state index contributed by atoms with van der Waals surface area (Å²) in [5.41, 5.74) is 3.41. The highest BCUT2D eigenvalue weighted by Gasteiger charge is 2.51. The van der Waals surface area contributed by atoms with Crippen LogP contribution in [-0.4, -0.2) is 75.4 Å². The SMILES string of the molecule is COc1cccc(CN2C(=O)N(c3ccc(-c4cn[nH]c4)cc3)CC23CCN(C(=O)C(C)O)CC3)c1. The van der Waals surface area contributed by atoms with E-state index in [9.17, 15) is 14.7 Å². The van der Waals surface area contributed by atoms with Gasteiger partial charge in [0.2, 0.25) is 0 Å². The molecule has 2 aromatic carbocycles. The molecular weight excluding hydrogens is 458 g/mol. The lowest BCUT2D eigenvalue weighted by Crippen LogP contribution is -2.56. The molecule has 3 aromatic rings. The van der Waals surface area contributed by atoms with Gasteiger partial charge in [-0.1, -0.05) is 24.3 Å². The first-order valence-electron chi connectivity index (χ1n) is 12.2. The van der Waals surface area contributed by atoms with Crippen molar-refractivity contribution in [3.63, 3.8) is 0 Å². The van der Waals surface area contributed by atoms with E-state index in [0.717, 1.165) is 28.1 Å². The number of aliphatic hydroxyl groups is 1. The summed E-state index contributed by atoms with van der Waals surface area (Å²) < 4.78 is 5.39. The summed E-state index contributed by atoms with van der Waals surface area (Å²) in [6.07, 6.45) is 3.87. The number of hydrogen-bond donors (Lipinski definition) is 2. The van der Waals surface area contributed by atoms with Gasteiger partial charge in [-0.05, 0) is 55.2 Å². The highest BCUT2D eigenvalue weighted by atomic mass is 16.5. The maximum Gasteiger partial charge on any atom is 0.325 e. The molecule has 188 valence electrons. The number of piperidine rings is 1. The van der Waals surface area contributed by atoms with Crippen LogP contribution in [0, 0.1) is 0 Å². The van der Waals surface area contributed by atoms with Gasteiger partial charge >= 0.3 is 6.03 Å². The van der Waals surface area contributed by atoms with E-state index in [2.05, 4.69) is 10.2 Å². The fourth-order valence-electron chi connectivity index (χ4n) is 5.26. The highest BCUT2D eigenvalue weighted by molar-refractivity contribution is 5.95. The van der Waals surface area contributed by atoms with Crippen molar-refractivity contribution in [3.05, 3.63) is 66.5 Å². The summed E-state index contributed by atoms with van der Waals surface area (Å²) in [5.74, 6) is 0.484. The van der Waals surface area contributed by atoms with Crippen molar-refractivity contribution in [3.8, 4) is 16.9 Å². The first-order valence-corrected chi connectivity index (χ1v) is 12.2. The van der Waals surface area contributed by atoms with Gasteiger partial charge in [0.05, 0.1) is 25.4 Å². The zero-order valence-electron chi connectivity index (χ0n) is 20.6. The number of ether oxygens (including phenoxy) is 1. The number of carbonyl (C=O) groups excluding carboxylic acids is 2. The van der Waals surface area contributed by atoms with Gasteiger partial charge in [0.25, 0.3) is 5.91 Å². The van der Waals surface area contributed by atoms with Crippen LogP contribution in [0.4, 0.5) is 10.5 Å². The van der Waals surface area contributed by atoms with Crippen molar-refractivity contribution >= 4 is 17.6 Å². The van der Waals surface area contributed by atoms with Crippen LogP contribution in [0.25, 0.3) is 11.1 Å². The smallest absolute Gasteiger partial charge is 0.325 e. The van der Waals surface area contributed by atoms with Gasteiger partial charge in [0.1, 0.15) is 11.9 Å². The summed E-state index contributed by atoms with van der Waals surface area (Å²) in [6.45, 7) is 3.48. The van der Waals surface area contributed by atoms with E-state index in [1.807, 2.05) is 64.5 Å². The van der Waals surface area contributed by atoms with Gasteiger partial charge in [0, 0.05) is 37.1 Å². The molecule has 9 nitrogen and oxygen atoms in total. The number of aromatic nitrogens is 2. The lowest BCUT2D eigenvalue weighted by molar-refractivity contribution is -0.141. The van der Waals surface area contributed by atoms with Gasteiger partial charge in [-0.2, -0.15) is 5.10 Å². The summed E-state index contributed by atoms with van der Waals surface area (Å²) in [5, 5.41) is 16.6. The fourth-order valence-corrected chi connectivity index (χ4v) is 5.26. The second kappa shape index (κ2) is 9.66. The Balaban J connectivity index is 1.43. The molecule has 1 atom stereocenters. The van der Waals surface area contributed by atoms with E-state index in [-0.39, 0.29) is 11.9 Å². The zero-order valence-corrected chi connectivity index (χ0v) is 20.6. The van der Waals surface area contributed by atoms with Gasteiger partial charge in [-0.25, -0.2) is 4.79 Å². The first-order chi connectivity index (χ1) is 17.4. The third kappa shape index (κ3) is 4.42. The number of urea groups is 1. The highest BCUT2D eigenvalue weighted by Crippen LogP contribution is 2.40. The Morgan fingerprint density at radius 3 is 2.56 bits per heavy atom. The first kappa shape index (κ1) is 23.9. The average molecular weight is 490 g/mol. The van der Waals surface area contributed by atoms with E-state index in [4.69, 9.17) is 4.74 Å². The lowest BCUT2D eigenvalue weighted by atomic mass is 9.86. The topological polar surface area (TPSA) is 102 Å². The van der Waals surface area contributed by atoms with Crippen LogP contribution in [0.5, 0.6) is 5.75 Å². The monoisotopic (exact) mass is 489 g/mol. The van der Waals surface area contributed by atoms with Gasteiger partial charge in [-0.15, -0.1) is 0 Å². The predicted octanol–water partition coefficient (Wildman–Crippen LogP) is 3.27. The predicted molar refractivity (Wildman–Crippen MR) is 136 cm³/mol. The molecule has 1 unspecified atom stereocenters. The number of amides is 3. The maximum absolute atomic E-state index is 13.9. The van der Waals surface area contributed by atoms with Crippen LogP contribution >= 0.6 is 0 Å². The largest absolute Gasteiger partial charge is 0.497 e. The molecule has 5 rings (SSSR count). The Labute approximate surface area is 210 Å². The number of carbonyl (C=O) groups is 2. The summed E-state index contributed by atoms with van der Waals surface area (Å²) in [4.78, 5) is 31.7. The van der Waals surface area contributed by atoms with Crippen LogP contribution in [0.15, 0.2) is 60.9 Å². The number of nitrogens with one attached hydrogen (secondary N) is 1. The standard InChI is InChI=1S/C27H31N5O4/c1-19(33)25(34)30-12-10-27(11-13-30)18-31(23-8-6-21(7-9-23)22-15-28-29-16-22)26(35)32(27)17-20-4-3-5-24(14-20)36-2/h3-9,14-16,19,33H,10-13,17-18H2,1-2H3,(H,28,29). The third-order valence-electron chi connectivity index (χ3n) is 7.34. The number of aromatic amines is 1. The van der Waals surface area contributed by atoms with Crippen molar-refractivity contribution in [2.75, 3.05) is 31.6 Å². The molecule has 0 saturated carbocycles. The van der Waals surface area contributed by atoms with E-state index in [1.54, 1.807) is 18.2 Å². The number of nitrogens with zero attached hydrogens (tertiary/aromatic N) is 4. The lowest BCUT2D eigenvalue weighted by Gasteiger charge is -2.44. The summed E-state index contributed by atoms with van der Waals surface area (Å²) >= 11 is 0. The number of aliphatic hydroxyl groups excluding tert-OH is 1. The van der Waals surface area contributed by atoms with Crippen molar-refractivity contribution < 1.29 is 19.4 Å². The minimum absolute atomic E-state index is 0.0517. The van der Waals surface area contributed by atoms with E-state index in [0.29, 0.717) is 39.0 Å². The molecule has 9 heteroatoms. The van der Waals surface area contributed by atoms with Crippen molar-refractivity contribution in [2.24, 2.45) is 0 Å². The molecule has 0 radical (unpaired) electrons. The molecule has 1 aromatic heterocycles. The van der Waals surface area contributed by atoms with Crippen molar-refractivity contribution in [1.82, 2.24) is 20.0 Å². The molecule has 3 heterocycles. The van der Waals surface area contributed by atoms with Gasteiger partial charge in [0.15, 0.2) is 0 Å². The van der Waals surface area contributed by atoms with E-state index < -0.39 is 11.6 Å². The molecule has 2 aliphatic heterocycles. The van der Waals surface area contributed by atoms with Crippen LogP contribution in [0.2, 0.25) is 0 Å². The minimum Gasteiger partial charge on any atom is -0.497 e. The van der Waals surface area contributed by atoms with E-state index >= 15 is 0 Å². The number of hydrogen-bond acceptors (Lipinski definition) is 5. The molecular formula is C27H31N5O4. The van der Waals surface area contributed by atoms with Crippen LogP contribution in [0.3, 0.4) is 0 Å². The minimum atomic E-state index is -1.03. The number of methoxy groups -OCH3 is 1. The van der Waals surface area contributed by atoms with Crippen molar-refractivity contribution in [1.29, 1.82) is 0 Å². The van der Waals surface area contributed by atoms with Crippen LogP contribution < -0.4 is 9.64 Å². The zero-order chi connectivity index (χ0) is 25.3. The van der Waals surface area contributed by atoms with E-state index in [1.165, 1.54) is 6.92 Å². The van der Waals surface area contributed by atoms with Crippen LogP contribution in [0.1, 0.15) is 25.3 Å². The van der Waals surface area contributed by atoms with Crippen molar-refractivity contribution in [2.45, 2.75) is 38.0 Å². The fraction of sp³-hybridized carbons (Fsp3) is 0.370. The number of rotatable bonds is 6. The molecule has 0 aliphatic carbocycles. The Hall–Kier alpha value is -3.85. The van der Waals surface area contributed by atoms with Crippen LogP contribution in [-0.2, 0) is 11.3 Å². The molecule has 3 amide bonds. The summed E-state index contributed by atoms with van der Waals surface area (Å²) in [7, 11) is 1.63. The Bertz CT molecular complexity index is 1220. The number of likely N-dealkylation sites (tertiary alicyclic amines) is 1. The summed E-state index contributed by atoms with van der Waals surface area (Å²) in [6, 6.07) is 15.6. The molecule has 2 saturated heterocycles. The Morgan fingerprint density at radius 2 is 1.92 bits per heavy atom. The molecule has 2 fully saturated rings. The molecule has 2 N–H and O–H groups in total. The quantitative estimate of drug-likeness (QED) is 0.553. The Morgan fingerprint density at radius 1 is 1.17 bits per heavy atom. The molecule has 2 aliphatic rings. The Kier molecular flexibility index (Phi) is 6.40. The van der Waals surface area contributed by atoms with Gasteiger partial charge < -0.3 is 19.6 Å². The third-order valence-corrected chi connectivity index (χ3v) is 7.34. The average Bonchev–Trinajstić information content (AvgIpc) is 3.53. The second-order valence-corrected chi connectivity index (χ2v) is 9.57. The molecule has 36 heavy (non-hydrogen) atoms. The van der Waals surface area contributed by atoms with Gasteiger partial charge in [-0.3, -0.25) is 14.8 Å². The molecule has 1 spiro atoms. The maximum atomic E-state index is 13.9. The number of H-pyrrole nitrogens is 1. The second-order valence-electron chi connectivity index (χ2n) is 9.57.